The van der Waals surface area contributed by atoms with E-state index in [2.05, 4.69) is 0 Å². The summed E-state index contributed by atoms with van der Waals surface area (Å²) in [6, 6.07) is 6.15. The average Bonchev–Trinajstić information content (AvgIpc) is 2.30. The monoisotopic (exact) mass is 251 g/mol. The molecule has 0 atom stereocenters. The van der Waals surface area contributed by atoms with Crippen molar-refractivity contribution >= 4 is 7.14 Å². The Bertz CT molecular complexity index is 316. The van der Waals surface area contributed by atoms with Crippen molar-refractivity contribution in [1.82, 2.24) is 0 Å². The van der Waals surface area contributed by atoms with Crippen LogP contribution in [0.2, 0.25) is 0 Å². The van der Waals surface area contributed by atoms with Gasteiger partial charge < -0.3 is 4.57 Å². The summed E-state index contributed by atoms with van der Waals surface area (Å²) in [6.07, 6.45) is 5.01. The van der Waals surface area contributed by atoms with Gasteiger partial charge in [-0.2, -0.15) is 15.8 Å². The van der Waals surface area contributed by atoms with Crippen LogP contribution in [-0.4, -0.2) is 18.5 Å². The highest BCUT2D eigenvalue weighted by Gasteiger charge is 2.20. The van der Waals surface area contributed by atoms with E-state index in [9.17, 15) is 4.57 Å². The van der Waals surface area contributed by atoms with Crippen LogP contribution in [0.3, 0.4) is 0 Å². The maximum Gasteiger partial charge on any atom is 0.0878 e. The Morgan fingerprint density at radius 1 is 0.706 bits per heavy atom. The number of hydrogen-bond acceptors (Lipinski definition) is 4. The van der Waals surface area contributed by atoms with Crippen molar-refractivity contribution in [2.24, 2.45) is 0 Å². The third kappa shape index (κ3) is 8.50. The van der Waals surface area contributed by atoms with Crippen LogP contribution in [0.4, 0.5) is 0 Å². The molecule has 92 valence electrons. The van der Waals surface area contributed by atoms with Gasteiger partial charge in [-0.3, -0.25) is 0 Å². The minimum absolute atomic E-state index is 0.431. The maximum absolute atomic E-state index is 12.5. The summed E-state index contributed by atoms with van der Waals surface area (Å²) in [6.45, 7) is 0. The zero-order valence-electron chi connectivity index (χ0n) is 10.1. The molecule has 0 aliphatic rings. The van der Waals surface area contributed by atoms with Crippen molar-refractivity contribution in [2.75, 3.05) is 18.5 Å². The highest BCUT2D eigenvalue weighted by atomic mass is 31.2. The van der Waals surface area contributed by atoms with Gasteiger partial charge in [0.1, 0.15) is 0 Å². The Hall–Kier alpha value is -1.30. The third-order valence-corrected chi connectivity index (χ3v) is 5.96. The van der Waals surface area contributed by atoms with E-state index in [4.69, 9.17) is 15.8 Å². The van der Waals surface area contributed by atoms with E-state index < -0.39 is 7.14 Å². The van der Waals surface area contributed by atoms with Crippen LogP contribution in [0.15, 0.2) is 0 Å². The Balaban J connectivity index is 4.16. The fourth-order valence-corrected chi connectivity index (χ4v) is 4.55. The van der Waals surface area contributed by atoms with E-state index in [0.717, 1.165) is 0 Å². The topological polar surface area (TPSA) is 88.4 Å². The first-order chi connectivity index (χ1) is 8.18. The molecule has 17 heavy (non-hydrogen) atoms. The zero-order valence-corrected chi connectivity index (χ0v) is 11.0. The van der Waals surface area contributed by atoms with Crippen LogP contribution in [-0.2, 0) is 4.57 Å². The van der Waals surface area contributed by atoms with Gasteiger partial charge in [-0.1, -0.05) is 0 Å². The summed E-state index contributed by atoms with van der Waals surface area (Å²) < 4.78 is 12.5. The van der Waals surface area contributed by atoms with E-state index in [-0.39, 0.29) is 0 Å². The molecule has 0 bridgehead atoms. The fourth-order valence-electron chi connectivity index (χ4n) is 1.67. The van der Waals surface area contributed by atoms with Gasteiger partial charge in [0.2, 0.25) is 0 Å². The van der Waals surface area contributed by atoms with Gasteiger partial charge in [0, 0.05) is 37.7 Å². The molecule has 0 heterocycles. The molecular formula is C12H18N3OP. The van der Waals surface area contributed by atoms with Crippen molar-refractivity contribution in [3.05, 3.63) is 0 Å². The number of rotatable bonds is 9. The molecule has 0 saturated heterocycles. The molecule has 0 aromatic heterocycles. The molecule has 0 aromatic rings. The normalized spacial score (nSPS) is 10.2. The Morgan fingerprint density at radius 2 is 1.00 bits per heavy atom. The molecular weight excluding hydrogens is 233 g/mol. The van der Waals surface area contributed by atoms with E-state index in [0.29, 0.717) is 57.0 Å². The molecule has 0 rings (SSSR count). The van der Waals surface area contributed by atoms with Crippen LogP contribution in [0, 0.1) is 34.0 Å². The van der Waals surface area contributed by atoms with Crippen molar-refractivity contribution in [2.45, 2.75) is 38.5 Å². The van der Waals surface area contributed by atoms with E-state index in [1.807, 2.05) is 18.2 Å². The minimum atomic E-state index is -2.26. The summed E-state index contributed by atoms with van der Waals surface area (Å²) in [4.78, 5) is 0. The summed E-state index contributed by atoms with van der Waals surface area (Å²) in [5.74, 6) is 0. The molecule has 0 aliphatic heterocycles. The standard InChI is InChI=1S/C12H18N3OP/c13-7-1-4-10-17(16,11-5-2-8-14)12-6-3-9-15/h1-6,10-12H2. The van der Waals surface area contributed by atoms with Gasteiger partial charge in [-0.15, -0.1) is 0 Å². The SMILES string of the molecule is N#CCCCP(=O)(CCCC#N)CCCC#N. The summed E-state index contributed by atoms with van der Waals surface area (Å²) >= 11 is 0. The number of nitriles is 3. The number of nitrogens with zero attached hydrogens (tertiary/aromatic N) is 3. The second-order valence-corrected chi connectivity index (χ2v) is 7.47. The molecule has 0 fully saturated rings. The average molecular weight is 251 g/mol. The molecule has 0 aromatic carbocycles. The van der Waals surface area contributed by atoms with Gasteiger partial charge in [-0.25, -0.2) is 0 Å². The maximum atomic E-state index is 12.5. The molecule has 0 saturated carbocycles. The first kappa shape index (κ1) is 15.7. The van der Waals surface area contributed by atoms with Crippen molar-refractivity contribution in [1.29, 1.82) is 15.8 Å². The Morgan fingerprint density at radius 3 is 1.24 bits per heavy atom. The first-order valence-electron chi connectivity index (χ1n) is 5.86. The van der Waals surface area contributed by atoms with Crippen LogP contribution in [0.25, 0.3) is 0 Å². The lowest BCUT2D eigenvalue weighted by molar-refractivity contribution is 0.569. The molecule has 0 N–H and O–H groups in total. The summed E-state index contributed by atoms with van der Waals surface area (Å²) in [5, 5.41) is 25.4. The highest BCUT2D eigenvalue weighted by molar-refractivity contribution is 7.63. The van der Waals surface area contributed by atoms with Crippen LogP contribution in [0.1, 0.15) is 38.5 Å². The molecule has 5 heteroatoms. The van der Waals surface area contributed by atoms with Gasteiger partial charge in [0.05, 0.1) is 25.3 Å². The largest absolute Gasteiger partial charge is 0.324 e. The molecule has 0 amide bonds. The second-order valence-electron chi connectivity index (χ2n) is 4.01. The van der Waals surface area contributed by atoms with Crippen LogP contribution in [0.5, 0.6) is 0 Å². The predicted octanol–water partition coefficient (Wildman–Crippen LogP) is 3.26. The molecule has 4 nitrogen and oxygen atoms in total. The lowest BCUT2D eigenvalue weighted by Gasteiger charge is -2.16. The predicted molar refractivity (Wildman–Crippen MR) is 66.7 cm³/mol. The van der Waals surface area contributed by atoms with Crippen molar-refractivity contribution in [3.63, 3.8) is 0 Å². The highest BCUT2D eigenvalue weighted by Crippen LogP contribution is 2.48. The van der Waals surface area contributed by atoms with Gasteiger partial charge in [-0.05, 0) is 19.3 Å². The lowest BCUT2D eigenvalue weighted by atomic mass is 10.4. The van der Waals surface area contributed by atoms with Crippen LogP contribution >= 0.6 is 7.14 Å². The molecule has 0 aliphatic carbocycles. The molecule has 0 radical (unpaired) electrons. The van der Waals surface area contributed by atoms with Crippen molar-refractivity contribution < 1.29 is 4.57 Å². The zero-order chi connectivity index (χ0) is 13.0. The number of unbranched alkanes of at least 4 members (excludes halogenated alkanes) is 3. The Labute approximate surface area is 103 Å². The number of hydrogen-bond donors (Lipinski definition) is 0. The van der Waals surface area contributed by atoms with Crippen molar-refractivity contribution in [3.8, 4) is 18.2 Å². The smallest absolute Gasteiger partial charge is 0.0878 e. The van der Waals surface area contributed by atoms with Gasteiger partial charge >= 0.3 is 0 Å². The van der Waals surface area contributed by atoms with E-state index in [1.54, 1.807) is 0 Å². The van der Waals surface area contributed by atoms with Gasteiger partial charge in [0.15, 0.2) is 0 Å². The molecule has 0 spiro atoms. The van der Waals surface area contributed by atoms with E-state index >= 15 is 0 Å². The second kappa shape index (κ2) is 9.89. The lowest BCUT2D eigenvalue weighted by Crippen LogP contribution is -2.01. The van der Waals surface area contributed by atoms with Crippen LogP contribution < -0.4 is 0 Å². The minimum Gasteiger partial charge on any atom is -0.324 e. The third-order valence-electron chi connectivity index (χ3n) is 2.56. The quantitative estimate of drug-likeness (QED) is 0.464. The first-order valence-corrected chi connectivity index (χ1v) is 8.13. The summed E-state index contributed by atoms with van der Waals surface area (Å²) in [5.41, 5.74) is 0. The summed E-state index contributed by atoms with van der Waals surface area (Å²) in [7, 11) is -2.26. The molecule has 0 unspecified atom stereocenters. The fraction of sp³-hybridized carbons (Fsp3) is 0.750. The van der Waals surface area contributed by atoms with Gasteiger partial charge in [0.25, 0.3) is 0 Å². The van der Waals surface area contributed by atoms with E-state index in [1.165, 1.54) is 0 Å². The Kier molecular flexibility index (Phi) is 9.14.